The molecule has 0 saturated carbocycles. The van der Waals surface area contributed by atoms with Gasteiger partial charge in [0.25, 0.3) is 5.91 Å². The van der Waals surface area contributed by atoms with E-state index in [2.05, 4.69) is 16.4 Å². The molecule has 0 unspecified atom stereocenters. The van der Waals surface area contributed by atoms with Gasteiger partial charge in [0.15, 0.2) is 0 Å². The van der Waals surface area contributed by atoms with Gasteiger partial charge in [0.05, 0.1) is 11.1 Å². The van der Waals surface area contributed by atoms with Crippen LogP contribution in [-0.2, 0) is 5.41 Å². The van der Waals surface area contributed by atoms with Crippen LogP contribution in [0.5, 0.6) is 0 Å². The van der Waals surface area contributed by atoms with E-state index >= 15 is 0 Å². The van der Waals surface area contributed by atoms with Crippen LogP contribution in [0.1, 0.15) is 42.4 Å². The van der Waals surface area contributed by atoms with E-state index < -0.39 is 0 Å². The SMILES string of the molecule is CNC(=O)c1c[nH]c(C(C)(C)C)c1C#N. The molecule has 2 N–H and O–H groups in total. The minimum atomic E-state index is -0.238. The summed E-state index contributed by atoms with van der Waals surface area (Å²) in [4.78, 5) is 14.4. The number of hydrogen-bond donors (Lipinski definition) is 2. The second kappa shape index (κ2) is 3.77. The first-order valence-electron chi connectivity index (χ1n) is 4.76. The molecule has 0 aliphatic carbocycles. The van der Waals surface area contributed by atoms with Gasteiger partial charge in [-0.05, 0) is 0 Å². The van der Waals surface area contributed by atoms with Crippen molar-refractivity contribution in [2.24, 2.45) is 0 Å². The number of amides is 1. The zero-order chi connectivity index (χ0) is 11.6. The molecule has 0 spiro atoms. The third kappa shape index (κ3) is 2.01. The molecule has 4 nitrogen and oxygen atoms in total. The van der Waals surface area contributed by atoms with Crippen LogP contribution in [0.25, 0.3) is 0 Å². The van der Waals surface area contributed by atoms with Crippen LogP contribution in [0, 0.1) is 11.3 Å². The zero-order valence-electron chi connectivity index (χ0n) is 9.43. The third-order valence-electron chi connectivity index (χ3n) is 2.21. The minimum absolute atomic E-state index is 0.169. The maximum atomic E-state index is 11.5. The van der Waals surface area contributed by atoms with E-state index in [-0.39, 0.29) is 11.3 Å². The maximum absolute atomic E-state index is 11.5. The van der Waals surface area contributed by atoms with E-state index in [4.69, 9.17) is 5.26 Å². The fraction of sp³-hybridized carbons (Fsp3) is 0.455. The van der Waals surface area contributed by atoms with Gasteiger partial charge in [-0.1, -0.05) is 20.8 Å². The predicted molar refractivity (Wildman–Crippen MR) is 57.6 cm³/mol. The van der Waals surface area contributed by atoms with E-state index in [1.54, 1.807) is 13.2 Å². The fourth-order valence-electron chi connectivity index (χ4n) is 1.44. The standard InChI is InChI=1S/C11H15N3O/c1-11(2,3)9-7(5-12)8(6-14-9)10(15)13-4/h6,14H,1-4H3,(H,13,15). The fourth-order valence-corrected chi connectivity index (χ4v) is 1.44. The van der Waals surface area contributed by atoms with Gasteiger partial charge in [0, 0.05) is 24.4 Å². The van der Waals surface area contributed by atoms with Gasteiger partial charge in [-0.15, -0.1) is 0 Å². The molecule has 4 heteroatoms. The Morgan fingerprint density at radius 2 is 2.13 bits per heavy atom. The number of H-pyrrole nitrogens is 1. The first kappa shape index (κ1) is 11.3. The Hall–Kier alpha value is -1.76. The monoisotopic (exact) mass is 205 g/mol. The summed E-state index contributed by atoms with van der Waals surface area (Å²) >= 11 is 0. The summed E-state index contributed by atoms with van der Waals surface area (Å²) in [5.41, 5.74) is 1.47. The molecule has 0 aliphatic rings. The number of carbonyl (C=O) groups excluding carboxylic acids is 1. The Balaban J connectivity index is 3.32. The van der Waals surface area contributed by atoms with Gasteiger partial charge in [-0.2, -0.15) is 5.26 Å². The van der Waals surface area contributed by atoms with Crippen LogP contribution >= 0.6 is 0 Å². The molecular formula is C11H15N3O. The topological polar surface area (TPSA) is 68.7 Å². The first-order valence-corrected chi connectivity index (χ1v) is 4.76. The second-order valence-corrected chi connectivity index (χ2v) is 4.39. The first-order chi connectivity index (χ1) is 6.91. The van der Waals surface area contributed by atoms with Crippen molar-refractivity contribution >= 4 is 5.91 Å². The molecule has 1 aromatic heterocycles. The Labute approximate surface area is 89.3 Å². The molecule has 0 bridgehead atoms. The highest BCUT2D eigenvalue weighted by Crippen LogP contribution is 2.26. The van der Waals surface area contributed by atoms with Crippen molar-refractivity contribution in [3.63, 3.8) is 0 Å². The van der Waals surface area contributed by atoms with E-state index in [1.807, 2.05) is 20.8 Å². The van der Waals surface area contributed by atoms with Crippen molar-refractivity contribution in [1.82, 2.24) is 10.3 Å². The van der Waals surface area contributed by atoms with Crippen molar-refractivity contribution in [1.29, 1.82) is 5.26 Å². The summed E-state index contributed by atoms with van der Waals surface area (Å²) in [6.07, 6.45) is 1.58. The number of nitriles is 1. The molecular weight excluding hydrogens is 190 g/mol. The number of nitrogens with zero attached hydrogens (tertiary/aromatic N) is 1. The summed E-state index contributed by atoms with van der Waals surface area (Å²) in [6.45, 7) is 5.98. The number of hydrogen-bond acceptors (Lipinski definition) is 2. The van der Waals surface area contributed by atoms with Gasteiger partial charge in [-0.3, -0.25) is 4.79 Å². The van der Waals surface area contributed by atoms with Crippen molar-refractivity contribution in [2.75, 3.05) is 7.05 Å². The Bertz CT molecular complexity index is 418. The zero-order valence-corrected chi connectivity index (χ0v) is 9.43. The van der Waals surface area contributed by atoms with E-state index in [0.29, 0.717) is 11.1 Å². The Morgan fingerprint density at radius 3 is 2.53 bits per heavy atom. The van der Waals surface area contributed by atoms with Crippen molar-refractivity contribution in [2.45, 2.75) is 26.2 Å². The second-order valence-electron chi connectivity index (χ2n) is 4.39. The lowest BCUT2D eigenvalue weighted by atomic mass is 9.89. The quantitative estimate of drug-likeness (QED) is 0.730. The molecule has 80 valence electrons. The molecule has 1 aromatic rings. The lowest BCUT2D eigenvalue weighted by Crippen LogP contribution is -2.19. The highest BCUT2D eigenvalue weighted by atomic mass is 16.1. The summed E-state index contributed by atoms with van der Waals surface area (Å²) in [5, 5.41) is 11.6. The minimum Gasteiger partial charge on any atom is -0.363 e. The molecule has 0 radical (unpaired) electrons. The molecule has 1 amide bonds. The van der Waals surface area contributed by atoms with Crippen LogP contribution in [0.4, 0.5) is 0 Å². The average molecular weight is 205 g/mol. The van der Waals surface area contributed by atoms with Gasteiger partial charge in [0.1, 0.15) is 6.07 Å². The van der Waals surface area contributed by atoms with Gasteiger partial charge in [0.2, 0.25) is 0 Å². The summed E-state index contributed by atoms with van der Waals surface area (Å²) in [5.74, 6) is -0.238. The molecule has 0 aromatic carbocycles. The number of carbonyl (C=O) groups is 1. The van der Waals surface area contributed by atoms with Gasteiger partial charge < -0.3 is 10.3 Å². The summed E-state index contributed by atoms with van der Waals surface area (Å²) < 4.78 is 0. The van der Waals surface area contributed by atoms with Gasteiger partial charge >= 0.3 is 0 Å². The smallest absolute Gasteiger partial charge is 0.253 e. The lowest BCUT2D eigenvalue weighted by Gasteiger charge is -2.17. The van der Waals surface area contributed by atoms with Crippen molar-refractivity contribution in [3.05, 3.63) is 23.0 Å². The summed E-state index contributed by atoms with van der Waals surface area (Å²) in [7, 11) is 1.55. The number of aromatic amines is 1. The average Bonchev–Trinajstić information content (AvgIpc) is 2.59. The number of nitrogens with one attached hydrogen (secondary N) is 2. The molecule has 1 heterocycles. The Kier molecular flexibility index (Phi) is 2.85. The van der Waals surface area contributed by atoms with Crippen molar-refractivity contribution < 1.29 is 4.79 Å². The number of rotatable bonds is 1. The van der Waals surface area contributed by atoms with E-state index in [0.717, 1.165) is 5.69 Å². The largest absolute Gasteiger partial charge is 0.363 e. The lowest BCUT2D eigenvalue weighted by molar-refractivity contribution is 0.0963. The highest BCUT2D eigenvalue weighted by Gasteiger charge is 2.24. The molecule has 0 atom stereocenters. The maximum Gasteiger partial charge on any atom is 0.253 e. The van der Waals surface area contributed by atoms with Crippen LogP contribution in [0.15, 0.2) is 6.20 Å². The number of aromatic nitrogens is 1. The van der Waals surface area contributed by atoms with E-state index in [1.165, 1.54) is 0 Å². The molecule has 1 rings (SSSR count). The Morgan fingerprint density at radius 1 is 1.53 bits per heavy atom. The predicted octanol–water partition coefficient (Wildman–Crippen LogP) is 1.54. The normalized spacial score (nSPS) is 10.9. The summed E-state index contributed by atoms with van der Waals surface area (Å²) in [6, 6.07) is 2.07. The van der Waals surface area contributed by atoms with Crippen LogP contribution in [-0.4, -0.2) is 17.9 Å². The van der Waals surface area contributed by atoms with Crippen LogP contribution in [0.3, 0.4) is 0 Å². The van der Waals surface area contributed by atoms with Crippen LogP contribution in [0.2, 0.25) is 0 Å². The van der Waals surface area contributed by atoms with Gasteiger partial charge in [-0.25, -0.2) is 0 Å². The van der Waals surface area contributed by atoms with Crippen molar-refractivity contribution in [3.8, 4) is 6.07 Å². The molecule has 15 heavy (non-hydrogen) atoms. The molecule has 0 aliphatic heterocycles. The molecule has 0 fully saturated rings. The highest BCUT2D eigenvalue weighted by molar-refractivity contribution is 5.96. The van der Waals surface area contributed by atoms with E-state index in [9.17, 15) is 4.79 Å². The molecule has 0 saturated heterocycles. The third-order valence-corrected chi connectivity index (χ3v) is 2.21. The van der Waals surface area contributed by atoms with Crippen LogP contribution < -0.4 is 5.32 Å².